The van der Waals surface area contributed by atoms with Gasteiger partial charge in [-0.1, -0.05) is 18.2 Å². The van der Waals surface area contributed by atoms with Gasteiger partial charge in [0.1, 0.15) is 0 Å². The molecule has 4 heteroatoms. The number of hydrogen-bond donors (Lipinski definition) is 2. The zero-order valence-corrected chi connectivity index (χ0v) is 11.7. The minimum Gasteiger partial charge on any atom is -0.385 e. The van der Waals surface area contributed by atoms with E-state index in [4.69, 9.17) is 4.74 Å². The quantitative estimate of drug-likeness (QED) is 0.884. The lowest BCUT2D eigenvalue weighted by Crippen LogP contribution is -2.34. The van der Waals surface area contributed by atoms with Crippen molar-refractivity contribution in [2.45, 2.75) is 25.2 Å². The number of nitrogens with one attached hydrogen (secondary N) is 2. The average molecular weight is 274 g/mol. The van der Waals surface area contributed by atoms with Crippen LogP contribution in [-0.4, -0.2) is 32.2 Å². The molecular weight excluding hydrogens is 252 g/mol. The molecule has 0 spiro atoms. The lowest BCUT2D eigenvalue weighted by molar-refractivity contribution is -0.122. The van der Waals surface area contributed by atoms with E-state index >= 15 is 0 Å². The molecular formula is C16H22N2O2. The highest BCUT2D eigenvalue weighted by Crippen LogP contribution is 2.31. The SMILES string of the molecule is O=C(NCCC1CCOC1)C1CCNc2ccccc21. The molecule has 2 atom stereocenters. The zero-order valence-electron chi connectivity index (χ0n) is 11.7. The smallest absolute Gasteiger partial charge is 0.227 e. The van der Waals surface area contributed by atoms with Gasteiger partial charge in [0.25, 0.3) is 0 Å². The number of para-hydroxylation sites is 1. The molecule has 1 fully saturated rings. The second-order valence-corrected chi connectivity index (χ2v) is 5.66. The van der Waals surface area contributed by atoms with Gasteiger partial charge in [0.2, 0.25) is 5.91 Å². The minimum atomic E-state index is -0.00715. The first-order valence-electron chi connectivity index (χ1n) is 7.53. The number of carbonyl (C=O) groups excluding carboxylic acids is 1. The summed E-state index contributed by atoms with van der Waals surface area (Å²) < 4.78 is 5.36. The Morgan fingerprint density at radius 2 is 2.25 bits per heavy atom. The van der Waals surface area contributed by atoms with Crippen LogP contribution in [0.4, 0.5) is 5.69 Å². The largest absolute Gasteiger partial charge is 0.385 e. The standard InChI is InChI=1S/C16H22N2O2/c19-16(18-8-5-12-7-10-20-11-12)14-6-9-17-15-4-2-1-3-13(14)15/h1-4,12,14,17H,5-11H2,(H,18,19). The molecule has 2 aliphatic heterocycles. The predicted octanol–water partition coefficient (Wildman–Crippen LogP) is 2.13. The molecule has 4 nitrogen and oxygen atoms in total. The molecule has 0 aromatic heterocycles. The van der Waals surface area contributed by atoms with E-state index in [1.54, 1.807) is 0 Å². The summed E-state index contributed by atoms with van der Waals surface area (Å²) in [5.74, 6) is 0.778. The van der Waals surface area contributed by atoms with E-state index in [-0.39, 0.29) is 11.8 Å². The molecule has 1 amide bonds. The van der Waals surface area contributed by atoms with E-state index in [1.807, 2.05) is 18.2 Å². The summed E-state index contributed by atoms with van der Waals surface area (Å²) in [7, 11) is 0. The number of benzene rings is 1. The van der Waals surface area contributed by atoms with Crippen molar-refractivity contribution >= 4 is 11.6 Å². The molecule has 108 valence electrons. The topological polar surface area (TPSA) is 50.4 Å². The van der Waals surface area contributed by atoms with Gasteiger partial charge in [-0.15, -0.1) is 0 Å². The maximum absolute atomic E-state index is 12.4. The Kier molecular flexibility index (Phi) is 4.21. The Morgan fingerprint density at radius 3 is 3.10 bits per heavy atom. The molecule has 0 radical (unpaired) electrons. The second-order valence-electron chi connectivity index (χ2n) is 5.66. The van der Waals surface area contributed by atoms with E-state index in [0.717, 1.165) is 56.8 Å². The maximum Gasteiger partial charge on any atom is 0.227 e. The van der Waals surface area contributed by atoms with Gasteiger partial charge in [0, 0.05) is 32.0 Å². The van der Waals surface area contributed by atoms with Crippen molar-refractivity contribution in [3.8, 4) is 0 Å². The molecule has 0 aliphatic carbocycles. The first-order chi connectivity index (χ1) is 9.84. The van der Waals surface area contributed by atoms with Crippen LogP contribution in [0.2, 0.25) is 0 Å². The summed E-state index contributed by atoms with van der Waals surface area (Å²) in [6, 6.07) is 8.11. The van der Waals surface area contributed by atoms with E-state index < -0.39 is 0 Å². The minimum absolute atomic E-state index is 0.00715. The second kappa shape index (κ2) is 6.27. The zero-order chi connectivity index (χ0) is 13.8. The molecule has 2 heterocycles. The number of hydrogen-bond acceptors (Lipinski definition) is 3. The third-order valence-electron chi connectivity index (χ3n) is 4.28. The number of amides is 1. The summed E-state index contributed by atoms with van der Waals surface area (Å²) in [6.07, 6.45) is 3.03. The van der Waals surface area contributed by atoms with E-state index in [1.165, 1.54) is 0 Å². The lowest BCUT2D eigenvalue weighted by Gasteiger charge is -2.26. The van der Waals surface area contributed by atoms with Crippen molar-refractivity contribution < 1.29 is 9.53 Å². The van der Waals surface area contributed by atoms with Crippen LogP contribution in [0, 0.1) is 5.92 Å². The fraction of sp³-hybridized carbons (Fsp3) is 0.562. The van der Waals surface area contributed by atoms with Crippen molar-refractivity contribution in [2.24, 2.45) is 5.92 Å². The normalized spacial score (nSPS) is 24.8. The van der Waals surface area contributed by atoms with Gasteiger partial charge in [-0.25, -0.2) is 0 Å². The van der Waals surface area contributed by atoms with Crippen LogP contribution in [0.1, 0.15) is 30.7 Å². The van der Waals surface area contributed by atoms with Crippen LogP contribution in [0.25, 0.3) is 0 Å². The van der Waals surface area contributed by atoms with Gasteiger partial charge >= 0.3 is 0 Å². The van der Waals surface area contributed by atoms with Crippen molar-refractivity contribution in [2.75, 3.05) is 31.6 Å². The van der Waals surface area contributed by atoms with Crippen LogP contribution in [0.3, 0.4) is 0 Å². The van der Waals surface area contributed by atoms with Crippen LogP contribution >= 0.6 is 0 Å². The number of ether oxygens (including phenoxy) is 1. The van der Waals surface area contributed by atoms with Crippen molar-refractivity contribution in [1.82, 2.24) is 5.32 Å². The van der Waals surface area contributed by atoms with E-state index in [9.17, 15) is 4.79 Å². The molecule has 0 bridgehead atoms. The van der Waals surface area contributed by atoms with E-state index in [0.29, 0.717) is 5.92 Å². The highest BCUT2D eigenvalue weighted by molar-refractivity contribution is 5.86. The fourth-order valence-corrected chi connectivity index (χ4v) is 3.07. The number of fused-ring (bicyclic) bond motifs is 1. The molecule has 2 unspecified atom stereocenters. The van der Waals surface area contributed by atoms with Crippen LogP contribution in [-0.2, 0) is 9.53 Å². The van der Waals surface area contributed by atoms with Crippen molar-refractivity contribution in [3.63, 3.8) is 0 Å². The molecule has 1 saturated heterocycles. The first-order valence-corrected chi connectivity index (χ1v) is 7.53. The monoisotopic (exact) mass is 274 g/mol. The molecule has 1 aromatic rings. The third-order valence-corrected chi connectivity index (χ3v) is 4.28. The number of carbonyl (C=O) groups is 1. The van der Waals surface area contributed by atoms with Crippen molar-refractivity contribution in [1.29, 1.82) is 0 Å². The fourth-order valence-electron chi connectivity index (χ4n) is 3.07. The van der Waals surface area contributed by atoms with Gasteiger partial charge in [0.05, 0.1) is 5.92 Å². The Bertz CT molecular complexity index is 469. The predicted molar refractivity (Wildman–Crippen MR) is 78.8 cm³/mol. The molecule has 0 saturated carbocycles. The molecule has 2 N–H and O–H groups in total. The highest BCUT2D eigenvalue weighted by atomic mass is 16.5. The number of rotatable bonds is 4. The van der Waals surface area contributed by atoms with Crippen LogP contribution in [0.5, 0.6) is 0 Å². The van der Waals surface area contributed by atoms with Gasteiger partial charge in [-0.2, -0.15) is 0 Å². The lowest BCUT2D eigenvalue weighted by atomic mass is 9.90. The molecule has 2 aliphatic rings. The van der Waals surface area contributed by atoms with Crippen LogP contribution < -0.4 is 10.6 Å². The Hall–Kier alpha value is -1.55. The Balaban J connectivity index is 1.55. The summed E-state index contributed by atoms with van der Waals surface area (Å²) in [5.41, 5.74) is 2.23. The summed E-state index contributed by atoms with van der Waals surface area (Å²) in [5, 5.41) is 6.45. The molecule has 1 aromatic carbocycles. The van der Waals surface area contributed by atoms with Crippen molar-refractivity contribution in [3.05, 3.63) is 29.8 Å². The van der Waals surface area contributed by atoms with Gasteiger partial charge in [0.15, 0.2) is 0 Å². The Labute approximate surface area is 119 Å². The first kappa shape index (κ1) is 13.4. The highest BCUT2D eigenvalue weighted by Gasteiger charge is 2.26. The summed E-state index contributed by atoms with van der Waals surface area (Å²) in [6.45, 7) is 3.36. The molecule has 20 heavy (non-hydrogen) atoms. The Morgan fingerprint density at radius 1 is 1.35 bits per heavy atom. The van der Waals surface area contributed by atoms with Gasteiger partial charge in [-0.3, -0.25) is 4.79 Å². The molecule has 3 rings (SSSR count). The summed E-state index contributed by atoms with van der Waals surface area (Å²) in [4.78, 5) is 12.4. The average Bonchev–Trinajstić information content (AvgIpc) is 3.00. The van der Waals surface area contributed by atoms with Crippen LogP contribution in [0.15, 0.2) is 24.3 Å². The van der Waals surface area contributed by atoms with Gasteiger partial charge < -0.3 is 15.4 Å². The third kappa shape index (κ3) is 2.96. The number of anilines is 1. The van der Waals surface area contributed by atoms with E-state index in [2.05, 4.69) is 16.7 Å². The summed E-state index contributed by atoms with van der Waals surface area (Å²) >= 11 is 0. The maximum atomic E-state index is 12.4. The van der Waals surface area contributed by atoms with Gasteiger partial charge in [-0.05, 0) is 36.8 Å².